The summed E-state index contributed by atoms with van der Waals surface area (Å²) in [5, 5.41) is 7.69. The van der Waals surface area contributed by atoms with Crippen LogP contribution in [0.15, 0.2) is 40.5 Å². The average Bonchev–Trinajstić information content (AvgIpc) is 3.12. The van der Waals surface area contributed by atoms with Gasteiger partial charge in [-0.3, -0.25) is 14.4 Å². The van der Waals surface area contributed by atoms with E-state index in [1.165, 1.54) is 23.1 Å². The van der Waals surface area contributed by atoms with Crippen LogP contribution < -0.4 is 16.2 Å². The van der Waals surface area contributed by atoms with Gasteiger partial charge in [-0.05, 0) is 12.5 Å². The second-order valence-electron chi connectivity index (χ2n) is 5.93. The number of fused-ring (bicyclic) bond motifs is 1. The van der Waals surface area contributed by atoms with Gasteiger partial charge in [0, 0.05) is 17.5 Å². The maximum Gasteiger partial charge on any atom is 0.260 e. The maximum absolute atomic E-state index is 12.6. The first-order valence-corrected chi connectivity index (χ1v) is 10.8. The first kappa shape index (κ1) is 20.1. The van der Waals surface area contributed by atoms with E-state index in [9.17, 15) is 14.4 Å². The Morgan fingerprint density at radius 1 is 1.18 bits per heavy atom. The van der Waals surface area contributed by atoms with Crippen LogP contribution >= 0.6 is 23.1 Å². The van der Waals surface area contributed by atoms with E-state index < -0.39 is 0 Å². The van der Waals surface area contributed by atoms with E-state index in [-0.39, 0.29) is 29.7 Å². The van der Waals surface area contributed by atoms with Gasteiger partial charge in [-0.2, -0.15) is 0 Å². The van der Waals surface area contributed by atoms with E-state index in [0.717, 1.165) is 11.1 Å². The Kier molecular flexibility index (Phi) is 6.83. The number of benzene rings is 1. The molecular weight excluding hydrogens is 396 g/mol. The zero-order chi connectivity index (χ0) is 19.9. The van der Waals surface area contributed by atoms with Crippen LogP contribution in [0.2, 0.25) is 0 Å². The molecule has 3 N–H and O–H groups in total. The molecule has 1 aromatic carbocycles. The molecule has 0 radical (unpaired) electrons. The topological polar surface area (TPSA) is 104 Å². The number of rotatable bonds is 8. The van der Waals surface area contributed by atoms with E-state index in [1.807, 2.05) is 42.6 Å². The smallest absolute Gasteiger partial charge is 0.260 e. The van der Waals surface area contributed by atoms with Gasteiger partial charge in [0.05, 0.1) is 23.4 Å². The third-order valence-electron chi connectivity index (χ3n) is 3.87. The molecule has 0 unspecified atom stereocenters. The van der Waals surface area contributed by atoms with Crippen LogP contribution in [0.25, 0.3) is 21.3 Å². The predicted octanol–water partition coefficient (Wildman–Crippen LogP) is 2.14. The molecular formula is C19H20N4O3S2. The molecule has 0 aliphatic heterocycles. The summed E-state index contributed by atoms with van der Waals surface area (Å²) in [6.45, 7) is 2.31. The summed E-state index contributed by atoms with van der Waals surface area (Å²) in [7, 11) is 0. The minimum absolute atomic E-state index is 0.0360. The Morgan fingerprint density at radius 2 is 1.96 bits per heavy atom. The van der Waals surface area contributed by atoms with Crippen LogP contribution in [0, 0.1) is 0 Å². The molecule has 3 aromatic rings. The molecule has 2 aromatic heterocycles. The lowest BCUT2D eigenvalue weighted by Gasteiger charge is -2.05. The second-order valence-corrected chi connectivity index (χ2v) is 7.77. The van der Waals surface area contributed by atoms with Gasteiger partial charge in [-0.15, -0.1) is 23.1 Å². The number of carbonyl (C=O) groups is 2. The van der Waals surface area contributed by atoms with E-state index in [1.54, 1.807) is 0 Å². The van der Waals surface area contributed by atoms with E-state index >= 15 is 0 Å². The van der Waals surface area contributed by atoms with Crippen LogP contribution in [0.1, 0.15) is 12.7 Å². The number of nitrogens with zero attached hydrogens (tertiary/aromatic N) is 1. The van der Waals surface area contributed by atoms with Gasteiger partial charge in [0.2, 0.25) is 11.8 Å². The molecule has 0 aliphatic carbocycles. The maximum atomic E-state index is 12.6. The largest absolute Gasteiger partial charge is 0.355 e. The zero-order valence-electron chi connectivity index (χ0n) is 15.3. The highest BCUT2D eigenvalue weighted by atomic mass is 32.2. The molecule has 2 amide bonds. The van der Waals surface area contributed by atoms with Crippen LogP contribution in [0.5, 0.6) is 0 Å². The molecule has 2 heterocycles. The Hall–Kier alpha value is -2.65. The number of amides is 2. The molecule has 0 spiro atoms. The molecule has 7 nitrogen and oxygen atoms in total. The van der Waals surface area contributed by atoms with Gasteiger partial charge >= 0.3 is 0 Å². The summed E-state index contributed by atoms with van der Waals surface area (Å²) in [6.07, 6.45) is 0. The van der Waals surface area contributed by atoms with Crippen molar-refractivity contribution in [1.82, 2.24) is 20.6 Å². The lowest BCUT2D eigenvalue weighted by Crippen LogP contribution is -2.37. The number of thiophene rings is 1. The minimum atomic E-state index is -0.234. The third-order valence-corrected chi connectivity index (χ3v) is 5.69. The summed E-state index contributed by atoms with van der Waals surface area (Å²) in [4.78, 5) is 43.7. The van der Waals surface area contributed by atoms with Crippen molar-refractivity contribution in [2.75, 3.05) is 18.8 Å². The number of thioether (sulfide) groups is 1. The summed E-state index contributed by atoms with van der Waals surface area (Å²) in [5.74, 6) is 0.658. The first-order valence-electron chi connectivity index (χ1n) is 8.75. The van der Waals surface area contributed by atoms with Gasteiger partial charge in [0.25, 0.3) is 5.56 Å². The van der Waals surface area contributed by atoms with Crippen molar-refractivity contribution in [2.45, 2.75) is 12.7 Å². The molecule has 0 saturated carbocycles. The van der Waals surface area contributed by atoms with Crippen molar-refractivity contribution in [3.63, 3.8) is 0 Å². The number of carbonyl (C=O) groups excluding carboxylic acids is 2. The van der Waals surface area contributed by atoms with E-state index in [4.69, 9.17) is 0 Å². The SMILES string of the molecule is CCNC(=O)CNC(=O)CSCc1nc2scc(-c3ccccc3)c2c(=O)[nH]1. The molecule has 0 fully saturated rings. The Bertz CT molecular complexity index is 1030. The fourth-order valence-corrected chi connectivity index (χ4v) is 4.31. The van der Waals surface area contributed by atoms with Crippen LogP contribution in [0.3, 0.4) is 0 Å². The van der Waals surface area contributed by atoms with Crippen molar-refractivity contribution < 1.29 is 9.59 Å². The summed E-state index contributed by atoms with van der Waals surface area (Å²) >= 11 is 2.76. The zero-order valence-corrected chi connectivity index (χ0v) is 16.9. The van der Waals surface area contributed by atoms with Crippen molar-refractivity contribution in [3.8, 4) is 11.1 Å². The highest BCUT2D eigenvalue weighted by Crippen LogP contribution is 2.30. The quantitative estimate of drug-likeness (QED) is 0.522. The fraction of sp³-hybridized carbons (Fsp3) is 0.263. The number of likely N-dealkylation sites (N-methyl/N-ethyl adjacent to an activating group) is 1. The Labute approximate surface area is 170 Å². The van der Waals surface area contributed by atoms with Crippen LogP contribution in [-0.2, 0) is 15.3 Å². The van der Waals surface area contributed by atoms with Crippen molar-refractivity contribution in [2.24, 2.45) is 0 Å². The Morgan fingerprint density at radius 3 is 2.71 bits per heavy atom. The number of H-pyrrole nitrogens is 1. The molecule has 0 bridgehead atoms. The molecule has 0 atom stereocenters. The van der Waals surface area contributed by atoms with Crippen LogP contribution in [0.4, 0.5) is 0 Å². The van der Waals surface area contributed by atoms with Gasteiger partial charge < -0.3 is 15.6 Å². The van der Waals surface area contributed by atoms with Crippen molar-refractivity contribution in [1.29, 1.82) is 0 Å². The highest BCUT2D eigenvalue weighted by molar-refractivity contribution is 7.99. The first-order chi connectivity index (χ1) is 13.6. The fourth-order valence-electron chi connectivity index (χ4n) is 2.62. The van der Waals surface area contributed by atoms with Gasteiger partial charge in [-0.25, -0.2) is 4.98 Å². The molecule has 9 heteroatoms. The monoisotopic (exact) mass is 416 g/mol. The van der Waals surface area contributed by atoms with Gasteiger partial charge in [0.15, 0.2) is 0 Å². The summed E-state index contributed by atoms with van der Waals surface area (Å²) in [5.41, 5.74) is 1.67. The lowest BCUT2D eigenvalue weighted by atomic mass is 10.1. The second kappa shape index (κ2) is 9.52. The summed E-state index contributed by atoms with van der Waals surface area (Å²) in [6, 6.07) is 9.72. The number of hydrogen-bond donors (Lipinski definition) is 3. The van der Waals surface area contributed by atoms with Gasteiger partial charge in [0.1, 0.15) is 10.7 Å². The van der Waals surface area contributed by atoms with Crippen molar-refractivity contribution >= 4 is 45.1 Å². The summed E-state index contributed by atoms with van der Waals surface area (Å²) < 4.78 is 0. The molecule has 146 valence electrons. The van der Waals surface area contributed by atoms with Crippen molar-refractivity contribution in [3.05, 3.63) is 51.9 Å². The molecule has 3 rings (SSSR count). The van der Waals surface area contributed by atoms with Gasteiger partial charge in [-0.1, -0.05) is 30.3 Å². The predicted molar refractivity (Wildman–Crippen MR) is 114 cm³/mol. The lowest BCUT2D eigenvalue weighted by molar-refractivity contribution is -0.124. The minimum Gasteiger partial charge on any atom is -0.355 e. The number of aromatic amines is 1. The number of hydrogen-bond acceptors (Lipinski definition) is 6. The number of aromatic nitrogens is 2. The van der Waals surface area contributed by atoms with E-state index in [0.29, 0.717) is 28.3 Å². The average molecular weight is 417 g/mol. The Balaban J connectivity index is 1.62. The highest BCUT2D eigenvalue weighted by Gasteiger charge is 2.13. The molecule has 0 saturated heterocycles. The molecule has 28 heavy (non-hydrogen) atoms. The van der Waals surface area contributed by atoms with Crippen LogP contribution in [-0.4, -0.2) is 40.6 Å². The third kappa shape index (κ3) is 4.99. The number of nitrogens with one attached hydrogen (secondary N) is 3. The standard InChI is InChI=1S/C19H20N4O3S2/c1-2-20-15(24)8-21-16(25)11-27-10-14-22-18(26)17-13(9-28-19(17)23-14)12-6-4-3-5-7-12/h3-7,9H,2,8,10-11H2,1H3,(H,20,24)(H,21,25)(H,22,23,26). The van der Waals surface area contributed by atoms with E-state index in [2.05, 4.69) is 20.6 Å². The molecule has 0 aliphatic rings. The normalized spacial score (nSPS) is 10.8.